The van der Waals surface area contributed by atoms with E-state index >= 15 is 0 Å². The summed E-state index contributed by atoms with van der Waals surface area (Å²) in [4.78, 5) is 0. The van der Waals surface area contributed by atoms with Crippen LogP contribution in [0.1, 0.15) is 30.0 Å². The molecule has 4 rings (SSSR count). The minimum Gasteiger partial charge on any atom is -0.316 e. The number of nitrogens with one attached hydrogen (secondary N) is 2. The lowest BCUT2D eigenvalue weighted by Gasteiger charge is -2.23. The van der Waals surface area contributed by atoms with Crippen LogP contribution >= 0.6 is 0 Å². The number of hydrogen-bond donors (Lipinski definition) is 2. The van der Waals surface area contributed by atoms with Gasteiger partial charge in [-0.25, -0.2) is 0 Å². The summed E-state index contributed by atoms with van der Waals surface area (Å²) < 4.78 is 0. The van der Waals surface area contributed by atoms with Gasteiger partial charge in [0.15, 0.2) is 0 Å². The first kappa shape index (κ1) is 16.3. The average Bonchev–Trinajstić information content (AvgIpc) is 3.15. The van der Waals surface area contributed by atoms with Crippen LogP contribution in [0.4, 0.5) is 0 Å². The summed E-state index contributed by atoms with van der Waals surface area (Å²) in [5.41, 5.74) is 2.84. The Morgan fingerprint density at radius 3 is 2.56 bits per heavy atom. The zero-order valence-electron chi connectivity index (χ0n) is 14.8. The maximum Gasteiger partial charge on any atom is 0.0298 e. The van der Waals surface area contributed by atoms with E-state index in [1.54, 1.807) is 0 Å². The summed E-state index contributed by atoms with van der Waals surface area (Å²) in [7, 11) is 0. The lowest BCUT2D eigenvalue weighted by Crippen LogP contribution is -2.29. The minimum absolute atomic E-state index is 0.350. The highest BCUT2D eigenvalue weighted by Gasteiger charge is 2.28. The van der Waals surface area contributed by atoms with E-state index in [1.807, 2.05) is 0 Å². The maximum atomic E-state index is 3.79. The smallest absolute Gasteiger partial charge is 0.0298 e. The first-order valence-corrected chi connectivity index (χ1v) is 9.29. The zero-order chi connectivity index (χ0) is 17.1. The predicted octanol–water partition coefficient (Wildman–Crippen LogP) is 4.49. The van der Waals surface area contributed by atoms with Gasteiger partial charge in [0, 0.05) is 25.0 Å². The fraction of sp³-hybridized carbons (Fsp3) is 0.304. The van der Waals surface area contributed by atoms with Gasteiger partial charge in [-0.05, 0) is 41.3 Å². The summed E-state index contributed by atoms with van der Waals surface area (Å²) in [5, 5.41) is 10.0. The van der Waals surface area contributed by atoms with E-state index in [2.05, 4.69) is 90.4 Å². The fourth-order valence-corrected chi connectivity index (χ4v) is 4.10. The molecule has 1 aliphatic heterocycles. The van der Waals surface area contributed by atoms with Crippen LogP contribution in [0.15, 0.2) is 72.8 Å². The van der Waals surface area contributed by atoms with Crippen LogP contribution in [-0.2, 0) is 0 Å². The molecule has 1 saturated heterocycles. The van der Waals surface area contributed by atoms with E-state index in [0.29, 0.717) is 17.9 Å². The average molecular weight is 330 g/mol. The van der Waals surface area contributed by atoms with Crippen LogP contribution in [0, 0.1) is 5.92 Å². The van der Waals surface area contributed by atoms with Crippen LogP contribution < -0.4 is 10.6 Å². The first-order valence-electron chi connectivity index (χ1n) is 9.29. The Morgan fingerprint density at radius 2 is 1.68 bits per heavy atom. The second kappa shape index (κ2) is 7.38. The van der Waals surface area contributed by atoms with Crippen LogP contribution in [0.25, 0.3) is 10.8 Å². The van der Waals surface area contributed by atoms with Crippen molar-refractivity contribution < 1.29 is 0 Å². The highest BCUT2D eigenvalue weighted by molar-refractivity contribution is 5.86. The highest BCUT2D eigenvalue weighted by atomic mass is 15.0. The van der Waals surface area contributed by atoms with Crippen LogP contribution in [0.3, 0.4) is 0 Å². The summed E-state index contributed by atoms with van der Waals surface area (Å²) in [6.07, 6.45) is 0. The molecule has 0 radical (unpaired) electrons. The van der Waals surface area contributed by atoms with Gasteiger partial charge in [0.1, 0.15) is 0 Å². The van der Waals surface area contributed by atoms with Gasteiger partial charge >= 0.3 is 0 Å². The van der Waals surface area contributed by atoms with Gasteiger partial charge in [0.25, 0.3) is 0 Å². The van der Waals surface area contributed by atoms with Crippen molar-refractivity contribution in [3.05, 3.63) is 83.9 Å². The molecule has 128 valence electrons. The Labute approximate surface area is 150 Å². The van der Waals surface area contributed by atoms with Gasteiger partial charge in [-0.1, -0.05) is 72.8 Å². The second-order valence-electron chi connectivity index (χ2n) is 7.13. The molecule has 1 aliphatic rings. The highest BCUT2D eigenvalue weighted by Crippen LogP contribution is 2.29. The molecule has 25 heavy (non-hydrogen) atoms. The third kappa shape index (κ3) is 3.46. The van der Waals surface area contributed by atoms with Crippen molar-refractivity contribution in [1.29, 1.82) is 0 Å². The molecule has 2 nitrogen and oxygen atoms in total. The van der Waals surface area contributed by atoms with Crippen molar-refractivity contribution in [1.82, 2.24) is 10.6 Å². The van der Waals surface area contributed by atoms with Crippen LogP contribution in [0.5, 0.6) is 0 Å². The number of rotatable bonds is 5. The summed E-state index contributed by atoms with van der Waals surface area (Å²) in [5.74, 6) is 1.24. The molecule has 2 N–H and O–H groups in total. The molecule has 3 aromatic rings. The molecule has 0 spiro atoms. The standard InChI is InChI=1S/C23H26N2/c1-17(21-13-7-11-18-10-5-6-12-22(18)21)25-15-20-14-24-16-23(20)19-8-3-2-4-9-19/h2-13,17,20,23-25H,14-16H2,1H3/t17-,20-,23-/m1/s1. The van der Waals surface area contributed by atoms with Crippen molar-refractivity contribution in [3.8, 4) is 0 Å². The van der Waals surface area contributed by atoms with E-state index in [1.165, 1.54) is 21.9 Å². The monoisotopic (exact) mass is 330 g/mol. The van der Waals surface area contributed by atoms with Crippen molar-refractivity contribution in [3.63, 3.8) is 0 Å². The van der Waals surface area contributed by atoms with Crippen molar-refractivity contribution in [2.45, 2.75) is 18.9 Å². The Bertz CT molecular complexity index is 822. The summed E-state index contributed by atoms with van der Waals surface area (Å²) in [6, 6.07) is 26.5. The van der Waals surface area contributed by atoms with Crippen LogP contribution in [0.2, 0.25) is 0 Å². The van der Waals surface area contributed by atoms with E-state index < -0.39 is 0 Å². The Balaban J connectivity index is 1.47. The summed E-state index contributed by atoms with van der Waals surface area (Å²) >= 11 is 0. The van der Waals surface area contributed by atoms with E-state index in [0.717, 1.165) is 19.6 Å². The van der Waals surface area contributed by atoms with Gasteiger partial charge in [0.2, 0.25) is 0 Å². The molecular formula is C23H26N2. The molecule has 1 fully saturated rings. The molecule has 0 aromatic heterocycles. The second-order valence-corrected chi connectivity index (χ2v) is 7.13. The molecule has 0 saturated carbocycles. The molecule has 0 unspecified atom stereocenters. The maximum absolute atomic E-state index is 3.79. The normalized spacial score (nSPS) is 21.5. The van der Waals surface area contributed by atoms with Crippen molar-refractivity contribution in [2.24, 2.45) is 5.92 Å². The first-order chi connectivity index (χ1) is 12.3. The minimum atomic E-state index is 0.350. The number of fused-ring (bicyclic) bond motifs is 1. The SMILES string of the molecule is C[C@@H](NC[C@H]1CNC[C@@H]1c1ccccc1)c1cccc2ccccc12. The van der Waals surface area contributed by atoms with Gasteiger partial charge in [-0.15, -0.1) is 0 Å². The molecule has 3 aromatic carbocycles. The predicted molar refractivity (Wildman–Crippen MR) is 106 cm³/mol. The molecule has 0 aliphatic carbocycles. The quantitative estimate of drug-likeness (QED) is 0.720. The topological polar surface area (TPSA) is 24.1 Å². The third-order valence-corrected chi connectivity index (χ3v) is 5.54. The van der Waals surface area contributed by atoms with Gasteiger partial charge in [-0.2, -0.15) is 0 Å². The molecular weight excluding hydrogens is 304 g/mol. The van der Waals surface area contributed by atoms with Gasteiger partial charge < -0.3 is 10.6 Å². The lowest BCUT2D eigenvalue weighted by molar-refractivity contribution is 0.440. The molecule has 3 atom stereocenters. The largest absolute Gasteiger partial charge is 0.316 e. The fourth-order valence-electron chi connectivity index (χ4n) is 4.10. The number of hydrogen-bond acceptors (Lipinski definition) is 2. The molecule has 2 heteroatoms. The van der Waals surface area contributed by atoms with E-state index in [4.69, 9.17) is 0 Å². The van der Waals surface area contributed by atoms with Gasteiger partial charge in [0.05, 0.1) is 0 Å². The third-order valence-electron chi connectivity index (χ3n) is 5.54. The molecule has 0 amide bonds. The van der Waals surface area contributed by atoms with Crippen molar-refractivity contribution in [2.75, 3.05) is 19.6 Å². The Morgan fingerprint density at radius 1 is 0.920 bits per heavy atom. The number of benzene rings is 3. The molecule has 1 heterocycles. The Hall–Kier alpha value is -2.16. The van der Waals surface area contributed by atoms with Gasteiger partial charge in [-0.3, -0.25) is 0 Å². The summed E-state index contributed by atoms with van der Waals surface area (Å²) in [6.45, 7) is 5.49. The van der Waals surface area contributed by atoms with E-state index in [9.17, 15) is 0 Å². The van der Waals surface area contributed by atoms with E-state index in [-0.39, 0.29) is 0 Å². The lowest BCUT2D eigenvalue weighted by atomic mass is 9.88. The van der Waals surface area contributed by atoms with Crippen molar-refractivity contribution >= 4 is 10.8 Å². The Kier molecular flexibility index (Phi) is 4.82. The molecule has 0 bridgehead atoms. The van der Waals surface area contributed by atoms with Crippen LogP contribution in [-0.4, -0.2) is 19.6 Å². The zero-order valence-corrected chi connectivity index (χ0v) is 14.8.